The molecule has 1 amide bonds. The zero-order chi connectivity index (χ0) is 16.1. The molecule has 1 saturated heterocycles. The predicted molar refractivity (Wildman–Crippen MR) is 91.2 cm³/mol. The van der Waals surface area contributed by atoms with Crippen molar-refractivity contribution in [2.75, 3.05) is 13.1 Å². The third kappa shape index (κ3) is 4.53. The first kappa shape index (κ1) is 16.0. The first-order valence-corrected chi connectivity index (χ1v) is 8.24. The van der Waals surface area contributed by atoms with Crippen molar-refractivity contribution in [2.45, 2.75) is 25.4 Å². The summed E-state index contributed by atoms with van der Waals surface area (Å²) < 4.78 is 0. The Balaban J connectivity index is 1.47. The van der Waals surface area contributed by atoms with Gasteiger partial charge < -0.3 is 10.2 Å². The second-order valence-electron chi connectivity index (χ2n) is 5.82. The zero-order valence-electron chi connectivity index (χ0n) is 12.9. The van der Waals surface area contributed by atoms with Crippen LogP contribution in [0.25, 0.3) is 0 Å². The number of rotatable bonds is 6. The Morgan fingerprint density at radius 2 is 2.17 bits per heavy atom. The largest absolute Gasteiger partial charge is 0.341 e. The van der Waals surface area contributed by atoms with Crippen molar-refractivity contribution in [3.8, 4) is 0 Å². The van der Waals surface area contributed by atoms with Crippen molar-refractivity contribution in [2.24, 2.45) is 0 Å². The topological polar surface area (TPSA) is 45.2 Å². The first-order valence-electron chi connectivity index (χ1n) is 7.86. The normalized spacial score (nSPS) is 17.7. The molecule has 5 heteroatoms. The number of carbonyl (C=O) groups excluding carboxylic acids is 1. The number of hydrogen-bond acceptors (Lipinski definition) is 3. The van der Waals surface area contributed by atoms with Gasteiger partial charge in [0.05, 0.1) is 5.69 Å². The summed E-state index contributed by atoms with van der Waals surface area (Å²) in [7, 11) is 0. The van der Waals surface area contributed by atoms with Crippen LogP contribution in [-0.4, -0.2) is 34.9 Å². The summed E-state index contributed by atoms with van der Waals surface area (Å²) in [4.78, 5) is 18.3. The van der Waals surface area contributed by atoms with E-state index in [1.807, 2.05) is 47.4 Å². The van der Waals surface area contributed by atoms with Gasteiger partial charge in [-0.25, -0.2) is 0 Å². The van der Waals surface area contributed by atoms with Gasteiger partial charge in [-0.2, -0.15) is 0 Å². The average molecular weight is 330 g/mol. The summed E-state index contributed by atoms with van der Waals surface area (Å²) in [6, 6.07) is 13.9. The zero-order valence-corrected chi connectivity index (χ0v) is 13.7. The number of nitrogens with zero attached hydrogens (tertiary/aromatic N) is 2. The number of aromatic nitrogens is 1. The molecule has 2 heterocycles. The molecule has 0 unspecified atom stereocenters. The molecule has 0 saturated carbocycles. The molecule has 1 aliphatic rings. The molecule has 4 nitrogen and oxygen atoms in total. The van der Waals surface area contributed by atoms with Crippen molar-refractivity contribution in [1.29, 1.82) is 0 Å². The number of carbonyl (C=O) groups is 1. The molecule has 0 radical (unpaired) electrons. The molecule has 1 aliphatic heterocycles. The fraction of sp³-hybridized carbons (Fsp3) is 0.333. The molecule has 23 heavy (non-hydrogen) atoms. The fourth-order valence-electron chi connectivity index (χ4n) is 2.83. The Hall–Kier alpha value is -1.91. The quantitative estimate of drug-likeness (QED) is 0.886. The van der Waals surface area contributed by atoms with Gasteiger partial charge in [-0.15, -0.1) is 0 Å². The molecule has 3 rings (SSSR count). The van der Waals surface area contributed by atoms with Crippen LogP contribution in [0.1, 0.15) is 17.7 Å². The van der Waals surface area contributed by atoms with Gasteiger partial charge in [0.2, 0.25) is 5.91 Å². The van der Waals surface area contributed by atoms with Gasteiger partial charge >= 0.3 is 0 Å². The molecular formula is C18H20ClN3O. The minimum atomic E-state index is 0.198. The van der Waals surface area contributed by atoms with Crippen LogP contribution in [0.15, 0.2) is 48.7 Å². The lowest BCUT2D eigenvalue weighted by Gasteiger charge is -2.17. The first-order chi connectivity index (χ1) is 11.2. The van der Waals surface area contributed by atoms with Crippen molar-refractivity contribution in [3.05, 3.63) is 64.9 Å². The van der Waals surface area contributed by atoms with Crippen molar-refractivity contribution in [1.82, 2.24) is 15.2 Å². The van der Waals surface area contributed by atoms with Crippen LogP contribution in [0.3, 0.4) is 0 Å². The summed E-state index contributed by atoms with van der Waals surface area (Å²) >= 11 is 6.00. The summed E-state index contributed by atoms with van der Waals surface area (Å²) in [5, 5.41) is 4.16. The Bertz CT molecular complexity index is 662. The maximum Gasteiger partial charge on any atom is 0.224 e. The minimum Gasteiger partial charge on any atom is -0.341 e. The standard InChI is InChI=1S/C18H20ClN3O/c19-15-5-3-4-14(10-15)7-9-22-13-17(11-18(22)23)21-12-16-6-1-2-8-20-16/h1-6,8,10,17,21H,7,9,11-13H2/t17-/m1/s1. The second kappa shape index (κ2) is 7.57. The van der Waals surface area contributed by atoms with Crippen molar-refractivity contribution in [3.63, 3.8) is 0 Å². The number of likely N-dealkylation sites (tertiary alicyclic amines) is 1. The van der Waals surface area contributed by atoms with Crippen LogP contribution in [0.5, 0.6) is 0 Å². The van der Waals surface area contributed by atoms with Gasteiger partial charge in [0, 0.05) is 43.3 Å². The van der Waals surface area contributed by atoms with Crippen molar-refractivity contribution < 1.29 is 4.79 Å². The van der Waals surface area contributed by atoms with E-state index in [9.17, 15) is 4.79 Å². The van der Waals surface area contributed by atoms with E-state index < -0.39 is 0 Å². The van der Waals surface area contributed by atoms with Gasteiger partial charge in [-0.3, -0.25) is 9.78 Å². The van der Waals surface area contributed by atoms with Gasteiger partial charge in [-0.05, 0) is 36.2 Å². The number of nitrogens with one attached hydrogen (secondary N) is 1. The van der Waals surface area contributed by atoms with E-state index in [0.29, 0.717) is 13.0 Å². The molecule has 0 aliphatic carbocycles. The van der Waals surface area contributed by atoms with Gasteiger partial charge in [0.25, 0.3) is 0 Å². The molecule has 0 spiro atoms. The maximum absolute atomic E-state index is 12.1. The van der Waals surface area contributed by atoms with E-state index in [0.717, 1.165) is 35.8 Å². The smallest absolute Gasteiger partial charge is 0.224 e. The highest BCUT2D eigenvalue weighted by molar-refractivity contribution is 6.30. The minimum absolute atomic E-state index is 0.198. The monoisotopic (exact) mass is 329 g/mol. The molecule has 1 aromatic heterocycles. The second-order valence-corrected chi connectivity index (χ2v) is 6.26. The van der Waals surface area contributed by atoms with Crippen LogP contribution in [0, 0.1) is 0 Å². The highest BCUT2D eigenvalue weighted by atomic mass is 35.5. The number of pyridine rings is 1. The third-order valence-corrected chi connectivity index (χ3v) is 4.31. The molecule has 2 aromatic rings. The maximum atomic E-state index is 12.1. The summed E-state index contributed by atoms with van der Waals surface area (Å²) in [5.41, 5.74) is 2.16. The van der Waals surface area contributed by atoms with Crippen LogP contribution >= 0.6 is 11.6 Å². The molecular weight excluding hydrogens is 310 g/mol. The molecule has 0 bridgehead atoms. The fourth-order valence-corrected chi connectivity index (χ4v) is 3.05. The highest BCUT2D eigenvalue weighted by Crippen LogP contribution is 2.15. The molecule has 1 atom stereocenters. The van der Waals surface area contributed by atoms with E-state index in [4.69, 9.17) is 11.6 Å². The van der Waals surface area contributed by atoms with Crippen molar-refractivity contribution >= 4 is 17.5 Å². The Labute approximate surface area is 141 Å². The lowest BCUT2D eigenvalue weighted by molar-refractivity contribution is -0.127. The molecule has 1 fully saturated rings. The third-order valence-electron chi connectivity index (χ3n) is 4.07. The highest BCUT2D eigenvalue weighted by Gasteiger charge is 2.28. The number of halogens is 1. The van der Waals surface area contributed by atoms with Gasteiger partial charge in [0.15, 0.2) is 0 Å². The van der Waals surface area contributed by atoms with Crippen LogP contribution < -0.4 is 5.32 Å². The molecule has 1 aromatic carbocycles. The van der Waals surface area contributed by atoms with Crippen LogP contribution in [-0.2, 0) is 17.8 Å². The number of amides is 1. The van der Waals surface area contributed by atoms with E-state index in [1.165, 1.54) is 0 Å². The SMILES string of the molecule is O=C1C[C@@H](NCc2ccccn2)CN1CCc1cccc(Cl)c1. The summed E-state index contributed by atoms with van der Waals surface area (Å²) in [6.07, 6.45) is 3.18. The Morgan fingerprint density at radius 3 is 2.96 bits per heavy atom. The molecule has 1 N–H and O–H groups in total. The van der Waals surface area contributed by atoms with E-state index in [-0.39, 0.29) is 11.9 Å². The lowest BCUT2D eigenvalue weighted by Crippen LogP contribution is -2.33. The Morgan fingerprint density at radius 1 is 1.26 bits per heavy atom. The van der Waals surface area contributed by atoms with E-state index in [2.05, 4.69) is 10.3 Å². The predicted octanol–water partition coefficient (Wildman–Crippen LogP) is 2.67. The van der Waals surface area contributed by atoms with Crippen LogP contribution in [0.2, 0.25) is 5.02 Å². The lowest BCUT2D eigenvalue weighted by atomic mass is 10.1. The number of hydrogen-bond donors (Lipinski definition) is 1. The molecule has 120 valence electrons. The summed E-state index contributed by atoms with van der Waals surface area (Å²) in [5.74, 6) is 0.213. The number of benzene rings is 1. The Kier molecular flexibility index (Phi) is 5.26. The summed E-state index contributed by atoms with van der Waals surface area (Å²) in [6.45, 7) is 2.19. The van der Waals surface area contributed by atoms with Gasteiger partial charge in [0.1, 0.15) is 0 Å². The average Bonchev–Trinajstić information content (AvgIpc) is 2.92. The van der Waals surface area contributed by atoms with Gasteiger partial charge in [-0.1, -0.05) is 29.8 Å². The van der Waals surface area contributed by atoms with E-state index in [1.54, 1.807) is 6.20 Å². The van der Waals surface area contributed by atoms with E-state index >= 15 is 0 Å². The van der Waals surface area contributed by atoms with Crippen LogP contribution in [0.4, 0.5) is 0 Å².